The monoisotopic (exact) mass is 722 g/mol. The molecule has 3 unspecified atom stereocenters. The van der Waals surface area contributed by atoms with E-state index in [0.29, 0.717) is 35.6 Å². The zero-order chi connectivity index (χ0) is 34.6. The number of hydrogen-bond donors (Lipinski definition) is 2. The lowest BCUT2D eigenvalue weighted by atomic mass is 10.0. The number of amides is 3. The quantitative estimate of drug-likeness (QED) is 0.132. The number of carbonyl (C=O) groups is 3. The molecule has 3 aromatic carbocycles. The molecule has 1 aromatic heterocycles. The van der Waals surface area contributed by atoms with E-state index in [1.165, 1.54) is 35.8 Å². The molecule has 0 spiro atoms. The van der Waals surface area contributed by atoms with Crippen LogP contribution >= 0.6 is 34.9 Å². The summed E-state index contributed by atoms with van der Waals surface area (Å²) in [6, 6.07) is 25.6. The normalized spacial score (nSPS) is 18.4. The van der Waals surface area contributed by atoms with Crippen LogP contribution in [0.1, 0.15) is 39.7 Å². The Balaban J connectivity index is 1.05. The van der Waals surface area contributed by atoms with Crippen LogP contribution in [-0.2, 0) is 29.0 Å². The molecular weight excluding hydrogens is 685 g/mol. The largest absolute Gasteiger partial charge is 0.465 e. The molecule has 0 saturated heterocycles. The van der Waals surface area contributed by atoms with Crippen molar-refractivity contribution in [3.05, 3.63) is 125 Å². The molecule has 3 atom stereocenters. The van der Waals surface area contributed by atoms with Gasteiger partial charge in [0.25, 0.3) is 0 Å². The number of benzene rings is 3. The highest BCUT2D eigenvalue weighted by molar-refractivity contribution is 8.00. The van der Waals surface area contributed by atoms with Crippen molar-refractivity contribution in [2.24, 2.45) is 0 Å². The minimum atomic E-state index is -0.431. The highest BCUT2D eigenvalue weighted by Crippen LogP contribution is 2.44. The molecule has 7 rings (SSSR count). The summed E-state index contributed by atoms with van der Waals surface area (Å²) in [5.74, 6) is -0.609. The Labute approximate surface area is 305 Å². The first-order chi connectivity index (χ1) is 24.4. The Kier molecular flexibility index (Phi) is 10.5. The van der Waals surface area contributed by atoms with Crippen LogP contribution in [0.25, 0.3) is 0 Å². The summed E-state index contributed by atoms with van der Waals surface area (Å²) in [7, 11) is 1.38. The summed E-state index contributed by atoms with van der Waals surface area (Å²) in [5, 5.41) is 6.45. The predicted molar refractivity (Wildman–Crippen MR) is 205 cm³/mol. The van der Waals surface area contributed by atoms with Crippen LogP contribution in [-0.4, -0.2) is 53.0 Å². The number of rotatable bonds is 9. The molecule has 11 heteroatoms. The molecule has 3 aliphatic rings. The summed E-state index contributed by atoms with van der Waals surface area (Å²) in [6.07, 6.45) is 9.51. The fourth-order valence-electron chi connectivity index (χ4n) is 6.57. The number of thioether (sulfide) groups is 2. The third kappa shape index (κ3) is 7.27. The minimum absolute atomic E-state index is 0.102. The van der Waals surface area contributed by atoms with Crippen LogP contribution in [0.2, 0.25) is 0 Å². The third-order valence-corrected chi connectivity index (χ3v) is 12.8. The predicted octanol–water partition coefficient (Wildman–Crippen LogP) is 8.61. The molecule has 0 saturated carbocycles. The zero-order valence-corrected chi connectivity index (χ0v) is 30.3. The maximum atomic E-state index is 13.8. The number of anilines is 3. The second-order valence-corrected chi connectivity index (χ2v) is 15.9. The number of methoxy groups -OCH3 is 1. The van der Waals surface area contributed by atoms with Crippen molar-refractivity contribution in [1.82, 2.24) is 4.90 Å². The Morgan fingerprint density at radius 3 is 2.60 bits per heavy atom. The van der Waals surface area contributed by atoms with Crippen molar-refractivity contribution in [2.75, 3.05) is 29.2 Å². The number of para-hydroxylation sites is 1. The van der Waals surface area contributed by atoms with Gasteiger partial charge in [-0.1, -0.05) is 79.8 Å². The van der Waals surface area contributed by atoms with Gasteiger partial charge in [-0.25, -0.2) is 9.59 Å². The van der Waals surface area contributed by atoms with Gasteiger partial charge in [0.05, 0.1) is 34.9 Å². The molecule has 50 heavy (non-hydrogen) atoms. The van der Waals surface area contributed by atoms with Gasteiger partial charge in [0.15, 0.2) is 0 Å². The fourth-order valence-corrected chi connectivity index (χ4v) is 10.1. The summed E-state index contributed by atoms with van der Waals surface area (Å²) in [4.78, 5) is 47.8. The average Bonchev–Trinajstić information content (AvgIpc) is 3.49. The van der Waals surface area contributed by atoms with Crippen molar-refractivity contribution in [3.63, 3.8) is 0 Å². The maximum Gasteiger partial charge on any atom is 0.341 e. The van der Waals surface area contributed by atoms with Crippen LogP contribution in [0.5, 0.6) is 0 Å². The molecule has 1 aliphatic carbocycles. The number of nitrogens with one attached hydrogen (secondary N) is 2. The van der Waals surface area contributed by atoms with Crippen molar-refractivity contribution in [1.29, 1.82) is 0 Å². The molecule has 0 fully saturated rings. The summed E-state index contributed by atoms with van der Waals surface area (Å²) in [6.45, 7) is 4.31. The van der Waals surface area contributed by atoms with Crippen LogP contribution in [0.4, 0.5) is 21.2 Å². The number of esters is 1. The third-order valence-electron chi connectivity index (χ3n) is 9.00. The van der Waals surface area contributed by atoms with E-state index in [9.17, 15) is 14.4 Å². The Bertz CT molecular complexity index is 1960. The van der Waals surface area contributed by atoms with Gasteiger partial charge in [-0.2, -0.15) is 0 Å². The zero-order valence-electron chi connectivity index (χ0n) is 27.8. The van der Waals surface area contributed by atoms with Crippen molar-refractivity contribution < 1.29 is 19.1 Å². The first kappa shape index (κ1) is 34.2. The maximum absolute atomic E-state index is 13.8. The van der Waals surface area contributed by atoms with E-state index in [2.05, 4.69) is 45.9 Å². The molecular formula is C39H38N4O4S3. The van der Waals surface area contributed by atoms with Crippen molar-refractivity contribution in [2.45, 2.75) is 59.2 Å². The van der Waals surface area contributed by atoms with Crippen LogP contribution in [0, 0.1) is 0 Å². The van der Waals surface area contributed by atoms with E-state index < -0.39 is 11.2 Å². The first-order valence-electron chi connectivity index (χ1n) is 16.7. The molecule has 3 heterocycles. The van der Waals surface area contributed by atoms with Gasteiger partial charge in [-0.3, -0.25) is 14.6 Å². The van der Waals surface area contributed by atoms with Gasteiger partial charge in [-0.05, 0) is 54.3 Å². The molecule has 3 amide bonds. The molecule has 2 aliphatic heterocycles. The van der Waals surface area contributed by atoms with Crippen LogP contribution in [0.3, 0.4) is 0 Å². The van der Waals surface area contributed by atoms with E-state index in [-0.39, 0.29) is 23.2 Å². The van der Waals surface area contributed by atoms with Gasteiger partial charge in [-0.15, -0.1) is 34.9 Å². The van der Waals surface area contributed by atoms with Crippen molar-refractivity contribution in [3.8, 4) is 0 Å². The van der Waals surface area contributed by atoms with Gasteiger partial charge < -0.3 is 15.4 Å². The van der Waals surface area contributed by atoms with E-state index in [1.54, 1.807) is 11.8 Å². The Hall–Kier alpha value is -4.29. The van der Waals surface area contributed by atoms with Gasteiger partial charge >= 0.3 is 12.0 Å². The van der Waals surface area contributed by atoms with E-state index in [4.69, 9.17) is 4.74 Å². The second kappa shape index (κ2) is 15.3. The van der Waals surface area contributed by atoms with Gasteiger partial charge in [0.1, 0.15) is 5.00 Å². The smallest absolute Gasteiger partial charge is 0.341 e. The van der Waals surface area contributed by atoms with E-state index in [1.807, 2.05) is 84.6 Å². The number of thiophene rings is 1. The Morgan fingerprint density at radius 2 is 1.78 bits per heavy atom. The number of ether oxygens (including phenoxy) is 1. The van der Waals surface area contributed by atoms with Gasteiger partial charge in [0.2, 0.25) is 5.91 Å². The van der Waals surface area contributed by atoms with Crippen LogP contribution < -0.4 is 15.5 Å². The molecule has 8 nitrogen and oxygen atoms in total. The lowest BCUT2D eigenvalue weighted by Crippen LogP contribution is -2.49. The fraction of sp³-hybridized carbons (Fsp3) is 0.256. The topological polar surface area (TPSA) is 91.0 Å². The highest BCUT2D eigenvalue weighted by Gasteiger charge is 2.37. The lowest BCUT2D eigenvalue weighted by Gasteiger charge is -2.40. The minimum Gasteiger partial charge on any atom is -0.465 e. The summed E-state index contributed by atoms with van der Waals surface area (Å²) in [5.41, 5.74) is 4.20. The number of allylic oxidation sites excluding steroid dienone is 2. The number of fused-ring (bicyclic) bond motifs is 3. The summed E-state index contributed by atoms with van der Waals surface area (Å²) < 4.78 is 5.18. The van der Waals surface area contributed by atoms with Crippen LogP contribution in [0.15, 0.2) is 113 Å². The lowest BCUT2D eigenvalue weighted by molar-refractivity contribution is -0.115. The number of hydrogen-bond acceptors (Lipinski definition) is 8. The first-order valence-corrected chi connectivity index (χ1v) is 19.3. The molecule has 256 valence electrons. The molecule has 4 aromatic rings. The average molecular weight is 723 g/mol. The number of nitrogens with zero attached hydrogens (tertiary/aromatic N) is 2. The molecule has 2 N–H and O–H groups in total. The Morgan fingerprint density at radius 1 is 0.980 bits per heavy atom. The SMILES string of the molecule is CCC(Sc1cccc(NC(=O)N2c3ccccc3SC3C=CC=CC32)c1)C(=O)Nc1sc2c(c1C(=O)OC)CCN(Cc1ccccc1)C2. The highest BCUT2D eigenvalue weighted by atomic mass is 32.2. The summed E-state index contributed by atoms with van der Waals surface area (Å²) >= 11 is 4.66. The van der Waals surface area contributed by atoms with E-state index in [0.717, 1.165) is 39.0 Å². The number of carbonyl (C=O) groups excluding carboxylic acids is 3. The van der Waals surface area contributed by atoms with Crippen molar-refractivity contribution >= 4 is 69.1 Å². The second-order valence-electron chi connectivity index (χ2n) is 12.3. The van der Waals surface area contributed by atoms with Gasteiger partial charge in [0, 0.05) is 40.0 Å². The number of urea groups is 1. The standard InChI is InChI=1S/C39H38N4O4S3/c1-3-31(36(44)41-37-35(38(45)47-2)28-20-21-42(24-34(28)50-37)23-25-12-5-4-6-13-25)48-27-15-11-14-26(22-27)40-39(46)43-29-16-7-9-18-32(29)49-33-19-10-8-17-30(33)43/h4-19,22,29,31-32H,3,20-21,23-24H2,1-2H3,(H,40,46)(H,41,44). The van der Waals surface area contributed by atoms with E-state index >= 15 is 0 Å². The molecule has 0 bridgehead atoms. The molecule has 0 radical (unpaired) electrons.